The average molecular weight is 350 g/mol. The van der Waals surface area contributed by atoms with Crippen LogP contribution in [0.3, 0.4) is 0 Å². The van der Waals surface area contributed by atoms with Gasteiger partial charge >= 0.3 is 0 Å². The number of hydrogen-bond donors (Lipinski definition) is 0. The molecule has 1 atom stereocenters. The molecule has 0 radical (unpaired) electrons. The molecule has 0 aliphatic carbocycles. The summed E-state index contributed by atoms with van der Waals surface area (Å²) in [6, 6.07) is 8.12. The summed E-state index contributed by atoms with van der Waals surface area (Å²) in [6.45, 7) is 5.70. The van der Waals surface area contributed by atoms with Crippen molar-refractivity contribution in [2.75, 3.05) is 24.5 Å². The number of carbonyl (C=O) groups excluding carboxylic acids is 1. The monoisotopic (exact) mass is 350 g/mol. The Morgan fingerprint density at radius 3 is 2.77 bits per heavy atom. The summed E-state index contributed by atoms with van der Waals surface area (Å²) in [5.41, 5.74) is 2.56. The number of anilines is 1. The minimum absolute atomic E-state index is 0.184. The molecule has 2 aromatic rings. The summed E-state index contributed by atoms with van der Waals surface area (Å²) in [5.74, 6) is 1.38. The minimum atomic E-state index is 0.184. The molecule has 2 aromatic heterocycles. The van der Waals surface area contributed by atoms with E-state index in [2.05, 4.69) is 27.9 Å². The summed E-state index contributed by atoms with van der Waals surface area (Å²) in [4.78, 5) is 25.7. The van der Waals surface area contributed by atoms with E-state index in [4.69, 9.17) is 0 Å². The molecule has 2 saturated heterocycles. The number of aryl methyl sites for hydroxylation is 1. The van der Waals surface area contributed by atoms with E-state index in [-0.39, 0.29) is 11.3 Å². The highest BCUT2D eigenvalue weighted by atomic mass is 16.2. The maximum absolute atomic E-state index is 12.5. The number of rotatable bonds is 3. The van der Waals surface area contributed by atoms with Crippen LogP contribution in [0.25, 0.3) is 0 Å². The van der Waals surface area contributed by atoms with Gasteiger partial charge in [-0.25, -0.2) is 4.98 Å². The fourth-order valence-electron chi connectivity index (χ4n) is 4.49. The Kier molecular flexibility index (Phi) is 4.62. The summed E-state index contributed by atoms with van der Waals surface area (Å²) < 4.78 is 0. The van der Waals surface area contributed by atoms with Crippen LogP contribution < -0.4 is 4.90 Å². The average Bonchev–Trinajstić information content (AvgIpc) is 2.66. The molecule has 136 valence electrons. The number of piperidine rings is 2. The molecule has 0 N–H and O–H groups in total. The van der Waals surface area contributed by atoms with Gasteiger partial charge in [0.15, 0.2) is 0 Å². The topological polar surface area (TPSA) is 49.3 Å². The molecule has 26 heavy (non-hydrogen) atoms. The maximum Gasteiger partial charge on any atom is 0.222 e. The zero-order valence-electron chi connectivity index (χ0n) is 15.4. The van der Waals surface area contributed by atoms with Crippen LogP contribution in [0.2, 0.25) is 0 Å². The van der Waals surface area contributed by atoms with Crippen LogP contribution in [0.1, 0.15) is 36.8 Å². The van der Waals surface area contributed by atoms with E-state index in [0.717, 1.165) is 43.9 Å². The molecule has 2 aliphatic rings. The Labute approximate surface area is 155 Å². The van der Waals surface area contributed by atoms with Gasteiger partial charge < -0.3 is 9.80 Å². The summed E-state index contributed by atoms with van der Waals surface area (Å²) >= 11 is 0. The molecular weight excluding hydrogens is 324 g/mol. The van der Waals surface area contributed by atoms with Gasteiger partial charge in [-0.2, -0.15) is 0 Å². The van der Waals surface area contributed by atoms with Crippen molar-refractivity contribution in [3.8, 4) is 0 Å². The van der Waals surface area contributed by atoms with Crippen molar-refractivity contribution >= 4 is 11.7 Å². The third-order valence-electron chi connectivity index (χ3n) is 5.81. The molecule has 4 rings (SSSR count). The molecule has 1 unspecified atom stereocenters. The second-order valence-corrected chi connectivity index (χ2v) is 7.77. The summed E-state index contributed by atoms with van der Waals surface area (Å²) in [5, 5.41) is 0. The van der Waals surface area contributed by atoms with Crippen LogP contribution in [-0.4, -0.2) is 40.4 Å². The molecule has 5 heteroatoms. The summed E-state index contributed by atoms with van der Waals surface area (Å²) in [7, 11) is 0. The lowest BCUT2D eigenvalue weighted by atomic mass is 9.73. The van der Waals surface area contributed by atoms with Gasteiger partial charge in [0.25, 0.3) is 0 Å². The Morgan fingerprint density at radius 1 is 1.12 bits per heavy atom. The van der Waals surface area contributed by atoms with E-state index in [9.17, 15) is 4.79 Å². The van der Waals surface area contributed by atoms with Gasteiger partial charge in [0.1, 0.15) is 5.82 Å². The normalized spacial score (nSPS) is 23.5. The first-order valence-corrected chi connectivity index (χ1v) is 9.49. The van der Waals surface area contributed by atoms with Gasteiger partial charge in [-0.15, -0.1) is 0 Å². The Balaban J connectivity index is 1.52. The van der Waals surface area contributed by atoms with Gasteiger partial charge in [-0.3, -0.25) is 9.78 Å². The van der Waals surface area contributed by atoms with Crippen LogP contribution in [0, 0.1) is 12.3 Å². The van der Waals surface area contributed by atoms with E-state index < -0.39 is 0 Å². The number of hydrogen-bond acceptors (Lipinski definition) is 4. The predicted molar refractivity (Wildman–Crippen MR) is 102 cm³/mol. The van der Waals surface area contributed by atoms with Gasteiger partial charge in [-0.05, 0) is 55.5 Å². The van der Waals surface area contributed by atoms with Crippen molar-refractivity contribution in [1.29, 1.82) is 0 Å². The zero-order chi connectivity index (χ0) is 18.0. The predicted octanol–water partition coefficient (Wildman–Crippen LogP) is 3.19. The second-order valence-electron chi connectivity index (χ2n) is 7.77. The van der Waals surface area contributed by atoms with Crippen molar-refractivity contribution in [2.45, 2.75) is 39.2 Å². The lowest BCUT2D eigenvalue weighted by Gasteiger charge is -2.48. The van der Waals surface area contributed by atoms with Crippen LogP contribution in [0.4, 0.5) is 5.82 Å². The highest BCUT2D eigenvalue weighted by molar-refractivity contribution is 5.77. The van der Waals surface area contributed by atoms with E-state index in [1.807, 2.05) is 29.3 Å². The van der Waals surface area contributed by atoms with Crippen molar-refractivity contribution in [3.05, 3.63) is 54.0 Å². The standard InChI is InChI=1S/C21H26N4O/c1-17-4-2-10-23-20(17)24-13-3-8-21(15-24)9-5-19(26)25(16-21)14-18-6-11-22-12-7-18/h2,4,6-7,10-12H,3,5,8-9,13-16H2,1H3. The Hall–Kier alpha value is -2.43. The van der Waals surface area contributed by atoms with Gasteiger partial charge in [-0.1, -0.05) is 6.07 Å². The zero-order valence-corrected chi connectivity index (χ0v) is 15.4. The molecule has 0 bridgehead atoms. The number of carbonyl (C=O) groups is 1. The number of likely N-dealkylation sites (tertiary alicyclic amines) is 1. The van der Waals surface area contributed by atoms with Gasteiger partial charge in [0, 0.05) is 56.6 Å². The fourth-order valence-corrected chi connectivity index (χ4v) is 4.49. The van der Waals surface area contributed by atoms with E-state index >= 15 is 0 Å². The molecular formula is C21H26N4O. The highest BCUT2D eigenvalue weighted by Gasteiger charge is 2.42. The lowest BCUT2D eigenvalue weighted by Crippen LogP contribution is -2.54. The number of pyridine rings is 2. The molecule has 0 aromatic carbocycles. The number of amides is 1. The molecule has 0 saturated carbocycles. The third-order valence-corrected chi connectivity index (χ3v) is 5.81. The Morgan fingerprint density at radius 2 is 1.96 bits per heavy atom. The number of aromatic nitrogens is 2. The first-order valence-electron chi connectivity index (χ1n) is 9.49. The molecule has 4 heterocycles. The van der Waals surface area contributed by atoms with E-state index in [1.165, 1.54) is 12.0 Å². The van der Waals surface area contributed by atoms with Crippen LogP contribution in [0.5, 0.6) is 0 Å². The van der Waals surface area contributed by atoms with Gasteiger partial charge in [0.2, 0.25) is 5.91 Å². The SMILES string of the molecule is Cc1cccnc1N1CCCC2(CCC(=O)N(Cc3ccncc3)C2)C1. The van der Waals surface area contributed by atoms with Crippen molar-refractivity contribution in [3.63, 3.8) is 0 Å². The smallest absolute Gasteiger partial charge is 0.222 e. The first-order chi connectivity index (χ1) is 12.7. The van der Waals surface area contributed by atoms with Crippen LogP contribution in [-0.2, 0) is 11.3 Å². The lowest BCUT2D eigenvalue weighted by molar-refractivity contribution is -0.138. The molecule has 5 nitrogen and oxygen atoms in total. The van der Waals surface area contributed by atoms with E-state index in [1.54, 1.807) is 12.4 Å². The molecule has 2 aliphatic heterocycles. The largest absolute Gasteiger partial charge is 0.356 e. The van der Waals surface area contributed by atoms with Gasteiger partial charge in [0.05, 0.1) is 0 Å². The minimum Gasteiger partial charge on any atom is -0.356 e. The van der Waals surface area contributed by atoms with E-state index in [0.29, 0.717) is 13.0 Å². The molecule has 1 spiro atoms. The summed E-state index contributed by atoms with van der Waals surface area (Å²) in [6.07, 6.45) is 9.46. The van der Waals surface area contributed by atoms with Crippen LogP contribution in [0.15, 0.2) is 42.9 Å². The number of nitrogens with zero attached hydrogens (tertiary/aromatic N) is 4. The van der Waals surface area contributed by atoms with Crippen LogP contribution >= 0.6 is 0 Å². The maximum atomic E-state index is 12.5. The van der Waals surface area contributed by atoms with Crippen molar-refractivity contribution in [2.24, 2.45) is 5.41 Å². The molecule has 2 fully saturated rings. The van der Waals surface area contributed by atoms with Crippen molar-refractivity contribution in [1.82, 2.24) is 14.9 Å². The third kappa shape index (κ3) is 3.43. The fraction of sp³-hybridized carbons (Fsp3) is 0.476. The Bertz CT molecular complexity index is 779. The highest BCUT2D eigenvalue weighted by Crippen LogP contribution is 2.40. The molecule has 1 amide bonds. The second kappa shape index (κ2) is 7.06. The van der Waals surface area contributed by atoms with Crippen molar-refractivity contribution < 1.29 is 4.79 Å². The quantitative estimate of drug-likeness (QED) is 0.853. The first kappa shape index (κ1) is 17.0.